The second-order valence-corrected chi connectivity index (χ2v) is 4.44. The number of carboxylic acids is 1. The van der Waals surface area contributed by atoms with Gasteiger partial charge in [-0.3, -0.25) is 4.79 Å². The molecule has 2 aromatic rings. The van der Waals surface area contributed by atoms with E-state index in [-0.39, 0.29) is 12.2 Å². The van der Waals surface area contributed by atoms with Crippen molar-refractivity contribution in [1.82, 2.24) is 0 Å². The van der Waals surface area contributed by atoms with E-state index in [9.17, 15) is 9.18 Å². The second-order valence-electron chi connectivity index (χ2n) is 4.44. The maximum Gasteiger partial charge on any atom is 0.303 e. The lowest BCUT2D eigenvalue weighted by Crippen LogP contribution is -1.97. The summed E-state index contributed by atoms with van der Waals surface area (Å²) in [6.07, 6.45) is 0.607. The van der Waals surface area contributed by atoms with Crippen LogP contribution in [0.15, 0.2) is 42.5 Å². The van der Waals surface area contributed by atoms with Gasteiger partial charge >= 0.3 is 5.97 Å². The predicted octanol–water partition coefficient (Wildman–Crippen LogP) is 3.52. The summed E-state index contributed by atoms with van der Waals surface area (Å²) in [6.45, 7) is 0. The maximum absolute atomic E-state index is 13.2. The molecule has 0 bridgehead atoms. The fourth-order valence-corrected chi connectivity index (χ4v) is 2.01. The van der Waals surface area contributed by atoms with Gasteiger partial charge in [-0.15, -0.1) is 0 Å². The monoisotopic (exact) mass is 274 g/mol. The topological polar surface area (TPSA) is 46.5 Å². The van der Waals surface area contributed by atoms with Crippen molar-refractivity contribution in [3.8, 4) is 16.9 Å². The van der Waals surface area contributed by atoms with Crippen LogP contribution in [0.5, 0.6) is 5.75 Å². The molecule has 20 heavy (non-hydrogen) atoms. The van der Waals surface area contributed by atoms with Gasteiger partial charge in [-0.05, 0) is 29.7 Å². The minimum Gasteiger partial charge on any atom is -0.496 e. The summed E-state index contributed by atoms with van der Waals surface area (Å²) in [5.74, 6) is -0.679. The first kappa shape index (κ1) is 14.1. The van der Waals surface area contributed by atoms with Gasteiger partial charge in [0.2, 0.25) is 0 Å². The third kappa shape index (κ3) is 3.35. The summed E-state index contributed by atoms with van der Waals surface area (Å²) in [7, 11) is 1.50. The first-order valence-electron chi connectivity index (χ1n) is 6.25. The molecular formula is C16H15FO3. The van der Waals surface area contributed by atoms with Crippen molar-refractivity contribution in [1.29, 1.82) is 0 Å². The minimum atomic E-state index is -0.811. The Kier molecular flexibility index (Phi) is 4.35. The molecule has 0 unspecified atom stereocenters. The van der Waals surface area contributed by atoms with E-state index >= 15 is 0 Å². The molecule has 0 saturated heterocycles. The minimum absolute atomic E-state index is 0.110. The number of carbonyl (C=O) groups is 1. The molecule has 0 aliphatic carbocycles. The van der Waals surface area contributed by atoms with E-state index in [4.69, 9.17) is 9.84 Å². The summed E-state index contributed by atoms with van der Waals surface area (Å²) in [5.41, 5.74) is 2.66. The van der Waals surface area contributed by atoms with E-state index < -0.39 is 5.97 Å². The molecule has 0 fully saturated rings. The first-order valence-corrected chi connectivity index (χ1v) is 6.25. The van der Waals surface area contributed by atoms with E-state index in [0.717, 1.165) is 16.7 Å². The van der Waals surface area contributed by atoms with Crippen LogP contribution in [0.2, 0.25) is 0 Å². The quantitative estimate of drug-likeness (QED) is 0.907. The molecule has 0 aliphatic rings. The summed E-state index contributed by atoms with van der Waals surface area (Å²) < 4.78 is 18.3. The summed E-state index contributed by atoms with van der Waals surface area (Å²) in [4.78, 5) is 10.5. The number of ether oxygens (including phenoxy) is 1. The Morgan fingerprint density at radius 3 is 2.50 bits per heavy atom. The molecule has 0 amide bonds. The zero-order valence-corrected chi connectivity index (χ0v) is 11.1. The van der Waals surface area contributed by atoms with Gasteiger partial charge < -0.3 is 9.84 Å². The Morgan fingerprint density at radius 1 is 1.20 bits per heavy atom. The molecule has 0 spiro atoms. The second kappa shape index (κ2) is 6.19. The van der Waals surface area contributed by atoms with Crippen LogP contribution in [0.3, 0.4) is 0 Å². The number of halogens is 1. The highest BCUT2D eigenvalue weighted by molar-refractivity contribution is 5.71. The van der Waals surface area contributed by atoms with Gasteiger partial charge in [0.15, 0.2) is 0 Å². The average Bonchev–Trinajstić information content (AvgIpc) is 2.45. The lowest BCUT2D eigenvalue weighted by atomic mass is 10.0. The fraction of sp³-hybridized carbons (Fsp3) is 0.188. The highest BCUT2D eigenvalue weighted by Gasteiger charge is 2.07. The van der Waals surface area contributed by atoms with E-state index in [1.807, 2.05) is 24.3 Å². The standard InChI is InChI=1S/C16H15FO3/c1-20-15-10-13(17)7-8-14(15)12-5-2-11(3-6-12)4-9-16(18)19/h2-3,5-8,10H,4,9H2,1H3,(H,18,19). The highest BCUT2D eigenvalue weighted by atomic mass is 19.1. The van der Waals surface area contributed by atoms with E-state index in [2.05, 4.69) is 0 Å². The molecule has 3 nitrogen and oxygen atoms in total. The lowest BCUT2D eigenvalue weighted by Gasteiger charge is -2.09. The number of hydrogen-bond donors (Lipinski definition) is 1. The Hall–Kier alpha value is -2.36. The van der Waals surface area contributed by atoms with Crippen molar-refractivity contribution >= 4 is 5.97 Å². The molecule has 2 aromatic carbocycles. The van der Waals surface area contributed by atoms with Gasteiger partial charge in [-0.1, -0.05) is 24.3 Å². The van der Waals surface area contributed by atoms with Crippen molar-refractivity contribution in [2.45, 2.75) is 12.8 Å². The maximum atomic E-state index is 13.2. The third-order valence-electron chi connectivity index (χ3n) is 3.06. The average molecular weight is 274 g/mol. The van der Waals surface area contributed by atoms with Crippen LogP contribution in [0.4, 0.5) is 4.39 Å². The summed E-state index contributed by atoms with van der Waals surface area (Å²) in [5, 5.41) is 8.65. The molecule has 0 aliphatic heterocycles. The summed E-state index contributed by atoms with van der Waals surface area (Å²) in [6, 6.07) is 11.9. The van der Waals surface area contributed by atoms with Crippen LogP contribution < -0.4 is 4.74 Å². The van der Waals surface area contributed by atoms with Crippen LogP contribution >= 0.6 is 0 Å². The van der Waals surface area contributed by atoms with Gasteiger partial charge in [0.25, 0.3) is 0 Å². The molecule has 0 radical (unpaired) electrons. The zero-order valence-electron chi connectivity index (χ0n) is 11.1. The Bertz CT molecular complexity index is 606. The van der Waals surface area contributed by atoms with Crippen molar-refractivity contribution in [3.05, 3.63) is 53.8 Å². The number of aryl methyl sites for hydroxylation is 1. The summed E-state index contributed by atoms with van der Waals surface area (Å²) >= 11 is 0. The van der Waals surface area contributed by atoms with Crippen molar-refractivity contribution in [2.24, 2.45) is 0 Å². The normalized spacial score (nSPS) is 10.3. The largest absolute Gasteiger partial charge is 0.496 e. The van der Waals surface area contributed by atoms with Crippen molar-refractivity contribution in [3.63, 3.8) is 0 Å². The molecule has 0 saturated carbocycles. The van der Waals surface area contributed by atoms with Gasteiger partial charge in [0.05, 0.1) is 7.11 Å². The van der Waals surface area contributed by atoms with Crippen LogP contribution in [-0.2, 0) is 11.2 Å². The fourth-order valence-electron chi connectivity index (χ4n) is 2.01. The predicted molar refractivity (Wildman–Crippen MR) is 74.3 cm³/mol. The Balaban J connectivity index is 2.23. The van der Waals surface area contributed by atoms with E-state index in [1.165, 1.54) is 19.2 Å². The van der Waals surface area contributed by atoms with Gasteiger partial charge in [0.1, 0.15) is 11.6 Å². The smallest absolute Gasteiger partial charge is 0.303 e. The number of methoxy groups -OCH3 is 1. The molecule has 0 atom stereocenters. The lowest BCUT2D eigenvalue weighted by molar-refractivity contribution is -0.136. The van der Waals surface area contributed by atoms with E-state index in [0.29, 0.717) is 12.2 Å². The van der Waals surface area contributed by atoms with Crippen LogP contribution in [0.1, 0.15) is 12.0 Å². The molecule has 104 valence electrons. The number of hydrogen-bond acceptors (Lipinski definition) is 2. The van der Waals surface area contributed by atoms with Crippen LogP contribution in [0, 0.1) is 5.82 Å². The molecule has 2 rings (SSSR count). The third-order valence-corrected chi connectivity index (χ3v) is 3.06. The van der Waals surface area contributed by atoms with Gasteiger partial charge in [-0.25, -0.2) is 4.39 Å². The van der Waals surface area contributed by atoms with Crippen LogP contribution in [-0.4, -0.2) is 18.2 Å². The number of aliphatic carboxylic acids is 1. The van der Waals surface area contributed by atoms with Gasteiger partial charge in [-0.2, -0.15) is 0 Å². The molecule has 4 heteroatoms. The molecular weight excluding hydrogens is 259 g/mol. The van der Waals surface area contributed by atoms with Crippen molar-refractivity contribution in [2.75, 3.05) is 7.11 Å². The van der Waals surface area contributed by atoms with Crippen LogP contribution in [0.25, 0.3) is 11.1 Å². The zero-order chi connectivity index (χ0) is 14.5. The van der Waals surface area contributed by atoms with E-state index in [1.54, 1.807) is 6.07 Å². The Labute approximate surface area is 116 Å². The number of benzene rings is 2. The first-order chi connectivity index (χ1) is 9.60. The molecule has 0 aromatic heterocycles. The van der Waals surface area contributed by atoms with Gasteiger partial charge in [0, 0.05) is 18.1 Å². The molecule has 0 heterocycles. The highest BCUT2D eigenvalue weighted by Crippen LogP contribution is 2.30. The molecule has 1 N–H and O–H groups in total. The number of rotatable bonds is 5. The SMILES string of the molecule is COc1cc(F)ccc1-c1ccc(CCC(=O)O)cc1. The van der Waals surface area contributed by atoms with Crippen molar-refractivity contribution < 1.29 is 19.0 Å². The number of carboxylic acid groups (broad SMARTS) is 1. The Morgan fingerprint density at radius 2 is 1.90 bits per heavy atom.